The number of carboxylic acids is 1. The van der Waals surface area contributed by atoms with Crippen LogP contribution in [0, 0.1) is 0 Å². The van der Waals surface area contributed by atoms with Crippen LogP contribution in [0.2, 0.25) is 0 Å². The third kappa shape index (κ3) is 2.92. The highest BCUT2D eigenvalue weighted by Crippen LogP contribution is 2.34. The topological polar surface area (TPSA) is 83.4 Å². The molecule has 1 N–H and O–H groups in total. The van der Waals surface area contributed by atoms with Gasteiger partial charge in [-0.3, -0.25) is 4.79 Å². The fraction of sp³-hybridized carbons (Fsp3) is 0.294. The summed E-state index contributed by atoms with van der Waals surface area (Å²) in [5.74, 6) is -1.02. The van der Waals surface area contributed by atoms with Crippen LogP contribution in [0.1, 0.15) is 52.2 Å². The van der Waals surface area contributed by atoms with E-state index in [-0.39, 0.29) is 17.3 Å². The first kappa shape index (κ1) is 15.1. The molecule has 0 fully saturated rings. The highest BCUT2D eigenvalue weighted by atomic mass is 16.4. The Bertz CT molecular complexity index is 743. The molecule has 6 nitrogen and oxygen atoms in total. The predicted molar refractivity (Wildman–Crippen MR) is 84.8 cm³/mol. The summed E-state index contributed by atoms with van der Waals surface area (Å²) in [5, 5.41) is 8.86. The van der Waals surface area contributed by atoms with Crippen molar-refractivity contribution in [3.63, 3.8) is 0 Å². The molecule has 1 aliphatic rings. The standard InChI is InChI=1S/C17H17N3O3/c1-11-5-4-8-20(15-7-3-2-6-12(11)15)16(21)13-9-19-14(10-18-13)17(22)23/h2-3,6-7,9-11H,4-5,8H2,1H3,(H,22,23). The van der Waals surface area contributed by atoms with Crippen molar-refractivity contribution in [2.24, 2.45) is 0 Å². The number of anilines is 1. The van der Waals surface area contributed by atoms with Gasteiger partial charge in [0.05, 0.1) is 12.4 Å². The molecule has 0 saturated carbocycles. The number of para-hydroxylation sites is 1. The van der Waals surface area contributed by atoms with E-state index in [1.807, 2.05) is 24.3 Å². The van der Waals surface area contributed by atoms with Gasteiger partial charge in [0.25, 0.3) is 5.91 Å². The highest BCUT2D eigenvalue weighted by molar-refractivity contribution is 6.05. The lowest BCUT2D eigenvalue weighted by atomic mass is 9.96. The summed E-state index contributed by atoms with van der Waals surface area (Å²) in [7, 11) is 0. The Labute approximate surface area is 133 Å². The molecule has 23 heavy (non-hydrogen) atoms. The molecule has 6 heteroatoms. The predicted octanol–water partition coefficient (Wildman–Crippen LogP) is 2.72. The molecule has 2 aromatic rings. The van der Waals surface area contributed by atoms with Gasteiger partial charge in [0.2, 0.25) is 0 Å². The molecule has 1 aliphatic heterocycles. The van der Waals surface area contributed by atoms with E-state index in [0.29, 0.717) is 12.5 Å². The molecule has 1 aromatic carbocycles. The molecule has 0 saturated heterocycles. The fourth-order valence-corrected chi connectivity index (χ4v) is 2.88. The number of nitrogens with zero attached hydrogens (tertiary/aromatic N) is 3. The van der Waals surface area contributed by atoms with Crippen molar-refractivity contribution in [1.29, 1.82) is 0 Å². The Morgan fingerprint density at radius 3 is 2.57 bits per heavy atom. The van der Waals surface area contributed by atoms with Gasteiger partial charge < -0.3 is 10.0 Å². The molecule has 1 amide bonds. The van der Waals surface area contributed by atoms with Crippen LogP contribution in [0.15, 0.2) is 36.7 Å². The van der Waals surface area contributed by atoms with E-state index in [2.05, 4.69) is 16.9 Å². The summed E-state index contributed by atoms with van der Waals surface area (Å²) in [5.41, 5.74) is 2.02. The van der Waals surface area contributed by atoms with Gasteiger partial charge in [-0.15, -0.1) is 0 Å². The van der Waals surface area contributed by atoms with Crippen LogP contribution in [0.3, 0.4) is 0 Å². The van der Waals surface area contributed by atoms with Crippen molar-refractivity contribution in [3.05, 3.63) is 53.6 Å². The SMILES string of the molecule is CC1CCCN(C(=O)c2cnc(C(=O)O)cn2)c2ccccc21. The maximum Gasteiger partial charge on any atom is 0.356 e. The maximum absolute atomic E-state index is 12.8. The van der Waals surface area contributed by atoms with E-state index in [4.69, 9.17) is 5.11 Å². The fourth-order valence-electron chi connectivity index (χ4n) is 2.88. The van der Waals surface area contributed by atoms with E-state index < -0.39 is 5.97 Å². The van der Waals surface area contributed by atoms with Gasteiger partial charge in [0.15, 0.2) is 5.69 Å². The van der Waals surface area contributed by atoms with Crippen LogP contribution in [-0.4, -0.2) is 33.5 Å². The summed E-state index contributed by atoms with van der Waals surface area (Å²) in [6.07, 6.45) is 4.26. The van der Waals surface area contributed by atoms with Crippen LogP contribution in [-0.2, 0) is 0 Å². The number of aromatic carboxylic acids is 1. The normalized spacial score (nSPS) is 17.3. The van der Waals surface area contributed by atoms with E-state index >= 15 is 0 Å². The Morgan fingerprint density at radius 2 is 1.87 bits per heavy atom. The van der Waals surface area contributed by atoms with Gasteiger partial charge in [-0.1, -0.05) is 25.1 Å². The lowest BCUT2D eigenvalue weighted by Crippen LogP contribution is -2.32. The molecule has 0 aliphatic carbocycles. The smallest absolute Gasteiger partial charge is 0.356 e. The molecule has 0 spiro atoms. The summed E-state index contributed by atoms with van der Waals surface area (Å²) >= 11 is 0. The van der Waals surface area contributed by atoms with Gasteiger partial charge in [-0.25, -0.2) is 14.8 Å². The van der Waals surface area contributed by atoms with Crippen molar-refractivity contribution in [1.82, 2.24) is 9.97 Å². The van der Waals surface area contributed by atoms with Crippen LogP contribution in [0.25, 0.3) is 0 Å². The minimum atomic E-state index is -1.16. The second kappa shape index (κ2) is 6.16. The first-order valence-electron chi connectivity index (χ1n) is 7.54. The zero-order valence-electron chi connectivity index (χ0n) is 12.8. The van der Waals surface area contributed by atoms with E-state index in [9.17, 15) is 9.59 Å². The summed E-state index contributed by atoms with van der Waals surface area (Å²) in [4.78, 5) is 33.1. The summed E-state index contributed by atoms with van der Waals surface area (Å²) < 4.78 is 0. The molecule has 0 bridgehead atoms. The van der Waals surface area contributed by atoms with Crippen molar-refractivity contribution in [2.75, 3.05) is 11.4 Å². The largest absolute Gasteiger partial charge is 0.476 e. The minimum Gasteiger partial charge on any atom is -0.476 e. The number of amides is 1. The number of hydrogen-bond acceptors (Lipinski definition) is 4. The van der Waals surface area contributed by atoms with Crippen molar-refractivity contribution in [3.8, 4) is 0 Å². The van der Waals surface area contributed by atoms with E-state index in [1.165, 1.54) is 6.20 Å². The number of carbonyl (C=O) groups excluding carboxylic acids is 1. The number of carbonyl (C=O) groups is 2. The Hall–Kier alpha value is -2.76. The first-order chi connectivity index (χ1) is 11.1. The molecule has 1 unspecified atom stereocenters. The van der Waals surface area contributed by atoms with Crippen LogP contribution in [0.5, 0.6) is 0 Å². The highest BCUT2D eigenvalue weighted by Gasteiger charge is 2.26. The van der Waals surface area contributed by atoms with Gasteiger partial charge >= 0.3 is 5.97 Å². The number of hydrogen-bond donors (Lipinski definition) is 1. The average Bonchev–Trinajstić information content (AvgIpc) is 2.74. The molecular weight excluding hydrogens is 294 g/mol. The zero-order valence-corrected chi connectivity index (χ0v) is 12.8. The zero-order chi connectivity index (χ0) is 16.4. The average molecular weight is 311 g/mol. The molecule has 1 aromatic heterocycles. The van der Waals surface area contributed by atoms with Gasteiger partial charge in [0.1, 0.15) is 5.69 Å². The Balaban J connectivity index is 1.95. The van der Waals surface area contributed by atoms with Crippen molar-refractivity contribution < 1.29 is 14.7 Å². The number of fused-ring (bicyclic) bond motifs is 1. The minimum absolute atomic E-state index is 0.152. The Morgan fingerprint density at radius 1 is 1.17 bits per heavy atom. The second-order valence-corrected chi connectivity index (χ2v) is 5.65. The summed E-state index contributed by atoms with van der Waals surface area (Å²) in [6.45, 7) is 2.77. The van der Waals surface area contributed by atoms with Crippen molar-refractivity contribution >= 4 is 17.6 Å². The summed E-state index contributed by atoms with van der Waals surface area (Å²) in [6, 6.07) is 7.88. The van der Waals surface area contributed by atoms with E-state index in [1.54, 1.807) is 4.90 Å². The second-order valence-electron chi connectivity index (χ2n) is 5.65. The van der Waals surface area contributed by atoms with Gasteiger partial charge in [0, 0.05) is 12.2 Å². The third-order valence-corrected chi connectivity index (χ3v) is 4.11. The molecular formula is C17H17N3O3. The number of benzene rings is 1. The lowest BCUT2D eigenvalue weighted by Gasteiger charge is -2.23. The number of rotatable bonds is 2. The van der Waals surface area contributed by atoms with Crippen molar-refractivity contribution in [2.45, 2.75) is 25.7 Å². The Kier molecular flexibility index (Phi) is 4.06. The molecule has 2 heterocycles. The lowest BCUT2D eigenvalue weighted by molar-refractivity contribution is 0.0689. The maximum atomic E-state index is 12.8. The van der Waals surface area contributed by atoms with Gasteiger partial charge in [-0.05, 0) is 30.4 Å². The quantitative estimate of drug-likeness (QED) is 0.922. The third-order valence-electron chi connectivity index (χ3n) is 4.11. The molecule has 0 radical (unpaired) electrons. The first-order valence-corrected chi connectivity index (χ1v) is 7.54. The van der Waals surface area contributed by atoms with Crippen LogP contribution < -0.4 is 4.90 Å². The van der Waals surface area contributed by atoms with Crippen LogP contribution >= 0.6 is 0 Å². The number of aromatic nitrogens is 2. The molecule has 118 valence electrons. The monoisotopic (exact) mass is 311 g/mol. The number of carboxylic acid groups (broad SMARTS) is 1. The molecule has 1 atom stereocenters. The molecule has 3 rings (SSSR count). The van der Waals surface area contributed by atoms with Crippen LogP contribution in [0.4, 0.5) is 5.69 Å². The van der Waals surface area contributed by atoms with E-state index in [0.717, 1.165) is 30.3 Å². The van der Waals surface area contributed by atoms with Gasteiger partial charge in [-0.2, -0.15) is 0 Å².